The number of nitro benzene ring substituents is 1. The molecule has 1 unspecified atom stereocenters. The molecule has 11 heteroatoms. The Kier molecular flexibility index (Phi) is 5.94. The van der Waals surface area contributed by atoms with Gasteiger partial charge in [0.15, 0.2) is 5.82 Å². The highest BCUT2D eigenvalue weighted by molar-refractivity contribution is 5.73. The van der Waals surface area contributed by atoms with Gasteiger partial charge in [0.25, 0.3) is 5.69 Å². The highest BCUT2D eigenvalue weighted by Gasteiger charge is 2.25. The van der Waals surface area contributed by atoms with Gasteiger partial charge in [-0.05, 0) is 12.6 Å². The lowest BCUT2D eigenvalue weighted by molar-refractivity contribution is -0.384. The number of urea groups is 1. The van der Waals surface area contributed by atoms with Crippen LogP contribution < -0.4 is 16.0 Å². The van der Waals surface area contributed by atoms with Gasteiger partial charge in [0.1, 0.15) is 0 Å². The molecule has 0 saturated carbocycles. The summed E-state index contributed by atoms with van der Waals surface area (Å²) in [5.41, 5.74) is 0.762. The van der Waals surface area contributed by atoms with Crippen molar-refractivity contribution in [3.8, 4) is 0 Å². The molecule has 27 heavy (non-hydrogen) atoms. The van der Waals surface area contributed by atoms with E-state index < -0.39 is 11.0 Å². The predicted molar refractivity (Wildman–Crippen MR) is 94.7 cm³/mol. The van der Waals surface area contributed by atoms with Gasteiger partial charge in [-0.15, -0.1) is 0 Å². The molecule has 3 N–H and O–H groups in total. The van der Waals surface area contributed by atoms with E-state index in [0.29, 0.717) is 11.7 Å². The maximum absolute atomic E-state index is 11.9. The van der Waals surface area contributed by atoms with Crippen molar-refractivity contribution in [3.63, 3.8) is 0 Å². The van der Waals surface area contributed by atoms with E-state index in [0.717, 1.165) is 25.2 Å². The largest absolute Gasteiger partial charge is 0.337 e. The number of amides is 2. The second kappa shape index (κ2) is 8.56. The van der Waals surface area contributed by atoms with Crippen LogP contribution in [0.15, 0.2) is 28.8 Å². The van der Waals surface area contributed by atoms with Crippen LogP contribution in [0.2, 0.25) is 0 Å². The lowest BCUT2D eigenvalue weighted by atomic mass is 10.2. The summed E-state index contributed by atoms with van der Waals surface area (Å²) in [6, 6.07) is 5.63. The second-order valence-corrected chi connectivity index (χ2v) is 6.21. The summed E-state index contributed by atoms with van der Waals surface area (Å²) in [5.74, 6) is 0.919. The van der Waals surface area contributed by atoms with Crippen LogP contribution in [0.3, 0.4) is 0 Å². The van der Waals surface area contributed by atoms with Gasteiger partial charge in [0.2, 0.25) is 5.89 Å². The second-order valence-electron chi connectivity index (χ2n) is 6.21. The molecule has 0 spiro atoms. The van der Waals surface area contributed by atoms with Crippen LogP contribution in [0.4, 0.5) is 10.5 Å². The number of benzene rings is 1. The topological polar surface area (TPSA) is 138 Å². The van der Waals surface area contributed by atoms with Crippen LogP contribution in [0.25, 0.3) is 0 Å². The van der Waals surface area contributed by atoms with Gasteiger partial charge in [-0.2, -0.15) is 4.98 Å². The number of nitrogens with zero attached hydrogens (tertiary/aromatic N) is 4. The fraction of sp³-hybridized carbons (Fsp3) is 0.438. The summed E-state index contributed by atoms with van der Waals surface area (Å²) in [5, 5.41) is 23.2. The molecule has 2 aromatic rings. The van der Waals surface area contributed by atoms with E-state index in [1.807, 2.05) is 7.05 Å². The Morgan fingerprint density at radius 1 is 1.37 bits per heavy atom. The average molecular weight is 375 g/mol. The molecule has 144 valence electrons. The Morgan fingerprint density at radius 3 is 2.81 bits per heavy atom. The zero-order valence-electron chi connectivity index (χ0n) is 14.8. The number of nitro groups is 1. The summed E-state index contributed by atoms with van der Waals surface area (Å²) in [6.07, 6.45) is 0. The van der Waals surface area contributed by atoms with Gasteiger partial charge in [0.05, 0.1) is 17.5 Å². The number of carbonyl (C=O) groups is 1. The standard InChI is InChI=1S/C16H21N7O4/c1-22-7-6-17-9-13(22)15-20-14(27-21-15)10-19-16(24)18-8-11-2-4-12(5-3-11)23(25)26/h2-5,13,17H,6-10H2,1H3,(H2,18,19,24). The molecule has 11 nitrogen and oxygen atoms in total. The van der Waals surface area contributed by atoms with E-state index in [1.54, 1.807) is 12.1 Å². The minimum atomic E-state index is -0.469. The number of carbonyl (C=O) groups excluding carboxylic acids is 1. The summed E-state index contributed by atoms with van der Waals surface area (Å²) < 4.78 is 5.19. The van der Waals surface area contributed by atoms with Gasteiger partial charge >= 0.3 is 6.03 Å². The van der Waals surface area contributed by atoms with Crippen molar-refractivity contribution in [1.29, 1.82) is 0 Å². The summed E-state index contributed by atoms with van der Waals surface area (Å²) in [4.78, 5) is 28.5. The van der Waals surface area contributed by atoms with E-state index in [2.05, 4.69) is 31.0 Å². The first-order valence-electron chi connectivity index (χ1n) is 8.51. The Bertz CT molecular complexity index is 792. The first-order valence-corrected chi connectivity index (χ1v) is 8.51. The number of non-ortho nitro benzene ring substituents is 1. The number of nitrogens with one attached hydrogen (secondary N) is 3. The van der Waals surface area contributed by atoms with E-state index in [1.165, 1.54) is 12.1 Å². The van der Waals surface area contributed by atoms with E-state index in [4.69, 9.17) is 4.52 Å². The van der Waals surface area contributed by atoms with E-state index >= 15 is 0 Å². The normalized spacial score (nSPS) is 17.4. The fourth-order valence-corrected chi connectivity index (χ4v) is 2.71. The van der Waals surface area contributed by atoms with Crippen LogP contribution in [-0.4, -0.2) is 52.7 Å². The number of hydrogen-bond donors (Lipinski definition) is 3. The van der Waals surface area contributed by atoms with Crippen molar-refractivity contribution in [2.75, 3.05) is 26.7 Å². The number of hydrogen-bond acceptors (Lipinski definition) is 8. The molecule has 2 heterocycles. The van der Waals surface area contributed by atoms with Crippen molar-refractivity contribution in [1.82, 2.24) is 31.0 Å². The monoisotopic (exact) mass is 375 g/mol. The molecular weight excluding hydrogens is 354 g/mol. The van der Waals surface area contributed by atoms with Gasteiger partial charge in [-0.25, -0.2) is 4.79 Å². The van der Waals surface area contributed by atoms with Crippen LogP contribution in [-0.2, 0) is 13.1 Å². The highest BCUT2D eigenvalue weighted by Crippen LogP contribution is 2.17. The van der Waals surface area contributed by atoms with Crippen molar-refractivity contribution in [2.24, 2.45) is 0 Å². The predicted octanol–water partition coefficient (Wildman–Crippen LogP) is 0.553. The maximum atomic E-state index is 11.9. The number of rotatable bonds is 6. The van der Waals surface area contributed by atoms with Crippen molar-refractivity contribution >= 4 is 11.7 Å². The third kappa shape index (κ3) is 4.99. The smallest absolute Gasteiger partial charge is 0.315 e. The van der Waals surface area contributed by atoms with Crippen molar-refractivity contribution in [2.45, 2.75) is 19.1 Å². The summed E-state index contributed by atoms with van der Waals surface area (Å²) >= 11 is 0. The Morgan fingerprint density at radius 2 is 2.11 bits per heavy atom. The zero-order valence-corrected chi connectivity index (χ0v) is 14.8. The molecular formula is C16H21N7O4. The van der Waals surface area contributed by atoms with Gasteiger partial charge in [-0.1, -0.05) is 17.3 Å². The lowest BCUT2D eigenvalue weighted by Gasteiger charge is -2.30. The first kappa shape index (κ1) is 18.7. The average Bonchev–Trinajstić information content (AvgIpc) is 3.14. The molecule has 1 atom stereocenters. The van der Waals surface area contributed by atoms with E-state index in [9.17, 15) is 14.9 Å². The summed E-state index contributed by atoms with van der Waals surface area (Å²) in [6.45, 7) is 2.94. The third-order valence-corrected chi connectivity index (χ3v) is 4.29. The third-order valence-electron chi connectivity index (χ3n) is 4.29. The van der Waals surface area contributed by atoms with Crippen LogP contribution in [0, 0.1) is 10.1 Å². The molecule has 2 amide bonds. The lowest BCUT2D eigenvalue weighted by Crippen LogP contribution is -2.44. The SMILES string of the molecule is CN1CCNCC1c1noc(CNC(=O)NCc2ccc([N+](=O)[O-])cc2)n1. The minimum Gasteiger partial charge on any atom is -0.337 e. The van der Waals surface area contributed by atoms with E-state index in [-0.39, 0.29) is 24.8 Å². The Labute approximate surface area is 155 Å². The van der Waals surface area contributed by atoms with Crippen molar-refractivity contribution in [3.05, 3.63) is 51.7 Å². The van der Waals surface area contributed by atoms with Crippen LogP contribution >= 0.6 is 0 Å². The molecule has 1 aliphatic heterocycles. The molecule has 1 saturated heterocycles. The molecule has 1 aromatic heterocycles. The van der Waals surface area contributed by atoms with Crippen LogP contribution in [0.1, 0.15) is 23.3 Å². The zero-order chi connectivity index (χ0) is 19.2. The number of piperazine rings is 1. The number of likely N-dealkylation sites (N-methyl/N-ethyl adjacent to an activating group) is 1. The molecule has 1 aromatic carbocycles. The fourth-order valence-electron chi connectivity index (χ4n) is 2.71. The molecule has 3 rings (SSSR count). The Hall–Kier alpha value is -3.05. The van der Waals surface area contributed by atoms with Gasteiger partial charge in [0, 0.05) is 38.3 Å². The molecule has 0 bridgehead atoms. The highest BCUT2D eigenvalue weighted by atomic mass is 16.6. The van der Waals surface area contributed by atoms with Crippen molar-refractivity contribution < 1.29 is 14.2 Å². The quantitative estimate of drug-likeness (QED) is 0.491. The van der Waals surface area contributed by atoms with Gasteiger partial charge in [-0.3, -0.25) is 15.0 Å². The molecule has 1 fully saturated rings. The maximum Gasteiger partial charge on any atom is 0.315 e. The number of aromatic nitrogens is 2. The van der Waals surface area contributed by atoms with Crippen LogP contribution in [0.5, 0.6) is 0 Å². The minimum absolute atomic E-state index is 0.00853. The Balaban J connectivity index is 1.44. The molecule has 0 aliphatic carbocycles. The first-order chi connectivity index (χ1) is 13.0. The molecule has 0 radical (unpaired) electrons. The molecule has 1 aliphatic rings. The van der Waals surface area contributed by atoms with Gasteiger partial charge < -0.3 is 20.5 Å². The summed E-state index contributed by atoms with van der Waals surface area (Å²) in [7, 11) is 2.01.